The standard InChI is InChI=1S/C20H24ClN3O2.ClH/c21-17-10-8-16(9-11-17)19(25)24-18(14-15-6-2-1-3-7-15)20(26)23-13-5-4-12-22;/h1-3,6-11,18H,4-5,12-14,22H2,(H,23,26)(H,24,25);1H. The highest BCUT2D eigenvalue weighted by atomic mass is 35.5. The minimum atomic E-state index is -0.654. The second-order valence-corrected chi connectivity index (χ2v) is 6.45. The van der Waals surface area contributed by atoms with Gasteiger partial charge in [0.2, 0.25) is 5.91 Å². The number of carbonyl (C=O) groups is 2. The van der Waals surface area contributed by atoms with Gasteiger partial charge in [-0.2, -0.15) is 0 Å². The highest BCUT2D eigenvalue weighted by molar-refractivity contribution is 6.30. The molecule has 0 radical (unpaired) electrons. The molecule has 0 saturated heterocycles. The molecule has 0 spiro atoms. The summed E-state index contributed by atoms with van der Waals surface area (Å²) in [6, 6.07) is 15.5. The van der Waals surface area contributed by atoms with E-state index in [1.165, 1.54) is 0 Å². The fraction of sp³-hybridized carbons (Fsp3) is 0.300. The second-order valence-electron chi connectivity index (χ2n) is 6.01. The van der Waals surface area contributed by atoms with Crippen LogP contribution in [0.1, 0.15) is 28.8 Å². The summed E-state index contributed by atoms with van der Waals surface area (Å²) in [6.07, 6.45) is 2.08. The van der Waals surface area contributed by atoms with E-state index in [4.69, 9.17) is 17.3 Å². The Labute approximate surface area is 171 Å². The summed E-state index contributed by atoms with van der Waals surface area (Å²) >= 11 is 5.86. The quantitative estimate of drug-likeness (QED) is 0.556. The first kappa shape index (κ1) is 23.0. The molecule has 0 aliphatic heterocycles. The molecule has 1 unspecified atom stereocenters. The fourth-order valence-electron chi connectivity index (χ4n) is 2.51. The molecule has 2 amide bonds. The average Bonchev–Trinajstić information content (AvgIpc) is 2.66. The van der Waals surface area contributed by atoms with Crippen LogP contribution in [0, 0.1) is 0 Å². The van der Waals surface area contributed by atoms with Gasteiger partial charge in [-0.1, -0.05) is 41.9 Å². The molecule has 0 bridgehead atoms. The van der Waals surface area contributed by atoms with Crippen molar-refractivity contribution in [3.63, 3.8) is 0 Å². The lowest BCUT2D eigenvalue weighted by Gasteiger charge is -2.19. The largest absolute Gasteiger partial charge is 0.354 e. The second kappa shape index (κ2) is 12.3. The van der Waals surface area contributed by atoms with Crippen LogP contribution in [0.4, 0.5) is 0 Å². The van der Waals surface area contributed by atoms with Gasteiger partial charge in [0, 0.05) is 23.6 Å². The molecule has 0 aliphatic carbocycles. The SMILES string of the molecule is Cl.NCCCCNC(=O)C(Cc1ccccc1)NC(=O)c1ccc(Cl)cc1. The third kappa shape index (κ3) is 7.99. The van der Waals surface area contributed by atoms with E-state index in [-0.39, 0.29) is 24.2 Å². The van der Waals surface area contributed by atoms with Crippen LogP contribution in [0.15, 0.2) is 54.6 Å². The monoisotopic (exact) mass is 409 g/mol. The van der Waals surface area contributed by atoms with Crippen molar-refractivity contribution in [2.75, 3.05) is 13.1 Å². The molecule has 2 aromatic carbocycles. The fourth-order valence-corrected chi connectivity index (χ4v) is 2.63. The minimum Gasteiger partial charge on any atom is -0.354 e. The van der Waals surface area contributed by atoms with Crippen LogP contribution in [0.2, 0.25) is 5.02 Å². The average molecular weight is 410 g/mol. The van der Waals surface area contributed by atoms with Gasteiger partial charge in [-0.15, -0.1) is 12.4 Å². The molecule has 2 rings (SSSR count). The summed E-state index contributed by atoms with van der Waals surface area (Å²) in [6.45, 7) is 1.13. The molecule has 0 aliphatic rings. The highest BCUT2D eigenvalue weighted by Gasteiger charge is 2.21. The van der Waals surface area contributed by atoms with Crippen LogP contribution in [-0.2, 0) is 11.2 Å². The van der Waals surface area contributed by atoms with Crippen LogP contribution in [0.3, 0.4) is 0 Å². The number of nitrogens with two attached hydrogens (primary N) is 1. The van der Waals surface area contributed by atoms with Gasteiger partial charge in [0.1, 0.15) is 6.04 Å². The van der Waals surface area contributed by atoms with Crippen LogP contribution in [0.5, 0.6) is 0 Å². The Balaban J connectivity index is 0.00000364. The van der Waals surface area contributed by atoms with Crippen molar-refractivity contribution < 1.29 is 9.59 Å². The van der Waals surface area contributed by atoms with Gasteiger partial charge in [0.05, 0.1) is 0 Å². The molecule has 5 nitrogen and oxygen atoms in total. The zero-order chi connectivity index (χ0) is 18.8. The zero-order valence-corrected chi connectivity index (χ0v) is 16.6. The van der Waals surface area contributed by atoms with Crippen LogP contribution in [-0.4, -0.2) is 30.9 Å². The van der Waals surface area contributed by atoms with Crippen LogP contribution < -0.4 is 16.4 Å². The molecule has 146 valence electrons. The number of carbonyl (C=O) groups excluding carboxylic acids is 2. The lowest BCUT2D eigenvalue weighted by Crippen LogP contribution is -2.48. The van der Waals surface area contributed by atoms with Gasteiger partial charge in [-0.3, -0.25) is 9.59 Å². The maximum absolute atomic E-state index is 12.6. The van der Waals surface area contributed by atoms with E-state index in [1.807, 2.05) is 30.3 Å². The van der Waals surface area contributed by atoms with Crippen molar-refractivity contribution in [2.24, 2.45) is 5.73 Å². The molecule has 0 saturated carbocycles. The van der Waals surface area contributed by atoms with E-state index in [0.29, 0.717) is 30.1 Å². The Hall–Kier alpha value is -2.08. The van der Waals surface area contributed by atoms with Gasteiger partial charge in [0.25, 0.3) is 5.91 Å². The molecular weight excluding hydrogens is 385 g/mol. The molecule has 0 heterocycles. The van der Waals surface area contributed by atoms with E-state index < -0.39 is 6.04 Å². The van der Waals surface area contributed by atoms with E-state index >= 15 is 0 Å². The molecule has 1 atom stereocenters. The van der Waals surface area contributed by atoms with E-state index in [9.17, 15) is 9.59 Å². The van der Waals surface area contributed by atoms with Gasteiger partial charge < -0.3 is 16.4 Å². The number of rotatable bonds is 9. The van der Waals surface area contributed by atoms with Crippen molar-refractivity contribution in [1.29, 1.82) is 0 Å². The summed E-state index contributed by atoms with van der Waals surface area (Å²) in [5, 5.41) is 6.25. The van der Waals surface area contributed by atoms with Gasteiger partial charge >= 0.3 is 0 Å². The zero-order valence-electron chi connectivity index (χ0n) is 15.0. The van der Waals surface area contributed by atoms with Crippen molar-refractivity contribution in [3.05, 3.63) is 70.7 Å². The summed E-state index contributed by atoms with van der Waals surface area (Å²) in [5.41, 5.74) is 6.91. The molecule has 27 heavy (non-hydrogen) atoms. The molecule has 0 aromatic heterocycles. The van der Waals surface area contributed by atoms with Gasteiger partial charge in [0.15, 0.2) is 0 Å². The lowest BCUT2D eigenvalue weighted by molar-refractivity contribution is -0.122. The van der Waals surface area contributed by atoms with E-state index in [1.54, 1.807) is 24.3 Å². The Morgan fingerprint density at radius 3 is 2.30 bits per heavy atom. The maximum Gasteiger partial charge on any atom is 0.251 e. The third-order valence-electron chi connectivity index (χ3n) is 3.94. The molecule has 4 N–H and O–H groups in total. The van der Waals surface area contributed by atoms with Crippen LogP contribution >= 0.6 is 24.0 Å². The van der Waals surface area contributed by atoms with Crippen molar-refractivity contribution >= 4 is 35.8 Å². The first-order chi connectivity index (χ1) is 12.6. The smallest absolute Gasteiger partial charge is 0.251 e. The van der Waals surface area contributed by atoms with E-state index in [2.05, 4.69) is 10.6 Å². The Bertz CT molecular complexity index is 709. The minimum absolute atomic E-state index is 0. The summed E-state index contributed by atoms with van der Waals surface area (Å²) in [4.78, 5) is 25.0. The first-order valence-electron chi connectivity index (χ1n) is 8.68. The summed E-state index contributed by atoms with van der Waals surface area (Å²) in [7, 11) is 0. The molecular formula is C20H25Cl2N3O2. The topological polar surface area (TPSA) is 84.2 Å². The predicted molar refractivity (Wildman–Crippen MR) is 111 cm³/mol. The Morgan fingerprint density at radius 2 is 1.67 bits per heavy atom. The number of nitrogens with one attached hydrogen (secondary N) is 2. The summed E-state index contributed by atoms with van der Waals surface area (Å²) in [5.74, 6) is -0.507. The molecule has 2 aromatic rings. The predicted octanol–water partition coefficient (Wildman–Crippen LogP) is 2.96. The maximum atomic E-state index is 12.6. The van der Waals surface area contributed by atoms with Crippen LogP contribution in [0.25, 0.3) is 0 Å². The van der Waals surface area contributed by atoms with Gasteiger partial charge in [-0.05, 0) is 49.2 Å². The molecule has 0 fully saturated rings. The number of hydrogen-bond donors (Lipinski definition) is 3. The number of benzene rings is 2. The van der Waals surface area contributed by atoms with Crippen molar-refractivity contribution in [1.82, 2.24) is 10.6 Å². The number of hydrogen-bond acceptors (Lipinski definition) is 3. The molecule has 7 heteroatoms. The lowest BCUT2D eigenvalue weighted by atomic mass is 10.0. The number of amides is 2. The van der Waals surface area contributed by atoms with Gasteiger partial charge in [-0.25, -0.2) is 0 Å². The number of halogens is 2. The van der Waals surface area contributed by atoms with Crippen molar-refractivity contribution in [3.8, 4) is 0 Å². The first-order valence-corrected chi connectivity index (χ1v) is 9.06. The normalized spacial score (nSPS) is 11.2. The Morgan fingerprint density at radius 1 is 1.00 bits per heavy atom. The highest BCUT2D eigenvalue weighted by Crippen LogP contribution is 2.10. The Kier molecular flexibility index (Phi) is 10.5. The van der Waals surface area contributed by atoms with E-state index in [0.717, 1.165) is 18.4 Å². The summed E-state index contributed by atoms with van der Waals surface area (Å²) < 4.78 is 0. The number of unbranched alkanes of at least 4 members (excludes halogenated alkanes) is 1. The van der Waals surface area contributed by atoms with Crippen molar-refractivity contribution in [2.45, 2.75) is 25.3 Å². The third-order valence-corrected chi connectivity index (χ3v) is 4.19.